The van der Waals surface area contributed by atoms with Crippen LogP contribution in [0, 0.1) is 0 Å². The third-order valence-corrected chi connectivity index (χ3v) is 4.41. The lowest BCUT2D eigenvalue weighted by atomic mass is 9.97. The van der Waals surface area contributed by atoms with E-state index in [2.05, 4.69) is 16.5 Å². The monoisotopic (exact) mass is 331 g/mol. The Morgan fingerprint density at radius 2 is 2.21 bits per heavy atom. The van der Waals surface area contributed by atoms with Crippen LogP contribution in [0.2, 0.25) is 0 Å². The summed E-state index contributed by atoms with van der Waals surface area (Å²) in [5.41, 5.74) is 2.19. The fourth-order valence-electron chi connectivity index (χ4n) is 3.24. The minimum absolute atomic E-state index is 0.0315. The number of rotatable bonds is 6. The number of nitrogens with zero attached hydrogens (tertiary/aromatic N) is 2. The lowest BCUT2D eigenvalue weighted by molar-refractivity contribution is -0.0112. The summed E-state index contributed by atoms with van der Waals surface area (Å²) in [6.07, 6.45) is 6.08. The highest BCUT2D eigenvalue weighted by atomic mass is 16.5. The number of nitrogens with one attached hydrogen (secondary N) is 1. The molecule has 2 atom stereocenters. The number of benzene rings is 1. The largest absolute Gasteiger partial charge is 0.493 e. The summed E-state index contributed by atoms with van der Waals surface area (Å²) in [4.78, 5) is 0. The van der Waals surface area contributed by atoms with E-state index in [1.54, 1.807) is 14.2 Å². The second kappa shape index (κ2) is 7.68. The zero-order valence-electron chi connectivity index (χ0n) is 14.5. The molecule has 24 heavy (non-hydrogen) atoms. The van der Waals surface area contributed by atoms with E-state index in [0.29, 0.717) is 6.54 Å². The summed E-state index contributed by atoms with van der Waals surface area (Å²) in [6.45, 7) is 1.49. The molecule has 1 aromatic heterocycles. The lowest BCUT2D eigenvalue weighted by Crippen LogP contribution is -2.39. The van der Waals surface area contributed by atoms with E-state index in [-0.39, 0.29) is 12.1 Å². The molecule has 0 radical (unpaired) electrons. The molecule has 130 valence electrons. The number of ether oxygens (including phenoxy) is 3. The molecule has 6 nitrogen and oxygen atoms in total. The molecule has 0 bridgehead atoms. The van der Waals surface area contributed by atoms with Crippen molar-refractivity contribution in [2.75, 3.05) is 20.8 Å². The fraction of sp³-hybridized carbons (Fsp3) is 0.500. The van der Waals surface area contributed by atoms with Gasteiger partial charge in [-0.25, -0.2) is 0 Å². The number of hydrogen-bond acceptors (Lipinski definition) is 5. The van der Waals surface area contributed by atoms with Crippen molar-refractivity contribution >= 4 is 0 Å². The first-order valence-electron chi connectivity index (χ1n) is 8.26. The molecular weight excluding hydrogens is 306 g/mol. The van der Waals surface area contributed by atoms with Crippen molar-refractivity contribution in [2.24, 2.45) is 7.05 Å². The summed E-state index contributed by atoms with van der Waals surface area (Å²) >= 11 is 0. The van der Waals surface area contributed by atoms with E-state index < -0.39 is 0 Å². The topological polar surface area (TPSA) is 57.5 Å². The van der Waals surface area contributed by atoms with Crippen LogP contribution in [0.1, 0.15) is 30.1 Å². The van der Waals surface area contributed by atoms with Gasteiger partial charge in [-0.1, -0.05) is 12.1 Å². The minimum atomic E-state index is 0.0315. The van der Waals surface area contributed by atoms with Crippen LogP contribution in [0.15, 0.2) is 30.6 Å². The van der Waals surface area contributed by atoms with Gasteiger partial charge in [-0.05, 0) is 18.9 Å². The number of hydrogen-bond donors (Lipinski definition) is 1. The van der Waals surface area contributed by atoms with Crippen LogP contribution in [0.4, 0.5) is 0 Å². The Balaban J connectivity index is 1.73. The van der Waals surface area contributed by atoms with Crippen LogP contribution >= 0.6 is 0 Å². The quantitative estimate of drug-likeness (QED) is 0.881. The van der Waals surface area contributed by atoms with E-state index in [9.17, 15) is 0 Å². The van der Waals surface area contributed by atoms with Crippen LogP contribution in [-0.2, 0) is 18.3 Å². The molecule has 0 saturated carbocycles. The van der Waals surface area contributed by atoms with Gasteiger partial charge in [-0.3, -0.25) is 4.68 Å². The fourth-order valence-corrected chi connectivity index (χ4v) is 3.24. The van der Waals surface area contributed by atoms with E-state index in [1.807, 2.05) is 36.3 Å². The van der Waals surface area contributed by atoms with Crippen LogP contribution in [0.3, 0.4) is 0 Å². The van der Waals surface area contributed by atoms with Gasteiger partial charge >= 0.3 is 0 Å². The third-order valence-electron chi connectivity index (χ3n) is 4.41. The molecule has 1 N–H and O–H groups in total. The maximum absolute atomic E-state index is 6.01. The Bertz CT molecular complexity index is 671. The van der Waals surface area contributed by atoms with Crippen molar-refractivity contribution in [1.29, 1.82) is 0 Å². The van der Waals surface area contributed by atoms with E-state index in [1.165, 1.54) is 0 Å². The summed E-state index contributed by atoms with van der Waals surface area (Å²) < 4.78 is 18.7. The summed E-state index contributed by atoms with van der Waals surface area (Å²) in [7, 11) is 5.25. The number of para-hydroxylation sites is 1. The first-order valence-corrected chi connectivity index (χ1v) is 8.26. The highest BCUT2D eigenvalue weighted by molar-refractivity contribution is 5.46. The molecule has 6 heteroatoms. The predicted molar refractivity (Wildman–Crippen MR) is 91.3 cm³/mol. The van der Waals surface area contributed by atoms with Crippen molar-refractivity contribution in [1.82, 2.24) is 15.1 Å². The van der Waals surface area contributed by atoms with Gasteiger partial charge in [0.25, 0.3) is 0 Å². The molecule has 0 unspecified atom stereocenters. The zero-order valence-corrected chi connectivity index (χ0v) is 14.5. The Morgan fingerprint density at radius 1 is 1.33 bits per heavy atom. The van der Waals surface area contributed by atoms with Gasteiger partial charge in [-0.2, -0.15) is 5.10 Å². The Hall–Kier alpha value is -2.05. The standard InChI is InChI=1S/C18H25N3O3/c1-21-12-14(11-20-21)17-15(7-5-9-24-17)19-10-13-6-4-8-16(22-2)18(13)23-3/h4,6,8,11-12,15,17,19H,5,7,9-10H2,1-3H3/t15-,17+/m0/s1. The first-order chi connectivity index (χ1) is 11.7. The third kappa shape index (κ3) is 3.55. The van der Waals surface area contributed by atoms with Crippen molar-refractivity contribution in [3.05, 3.63) is 41.7 Å². The Labute approximate surface area is 142 Å². The molecule has 0 aliphatic carbocycles. The summed E-state index contributed by atoms with van der Waals surface area (Å²) in [5.74, 6) is 1.53. The van der Waals surface area contributed by atoms with Gasteiger partial charge in [0.1, 0.15) is 6.10 Å². The SMILES string of the molecule is COc1cccc(CN[C@H]2CCCO[C@@H]2c2cnn(C)c2)c1OC. The molecule has 0 amide bonds. The van der Waals surface area contributed by atoms with Crippen LogP contribution in [0.25, 0.3) is 0 Å². The van der Waals surface area contributed by atoms with Crippen LogP contribution < -0.4 is 14.8 Å². The molecule has 0 spiro atoms. The Kier molecular flexibility index (Phi) is 5.37. The van der Waals surface area contributed by atoms with Gasteiger partial charge in [0.15, 0.2) is 11.5 Å². The summed E-state index contributed by atoms with van der Waals surface area (Å²) in [5, 5.41) is 7.89. The highest BCUT2D eigenvalue weighted by Gasteiger charge is 2.28. The van der Waals surface area contributed by atoms with Crippen molar-refractivity contribution in [3.8, 4) is 11.5 Å². The number of methoxy groups -OCH3 is 2. The maximum Gasteiger partial charge on any atom is 0.165 e. The molecular formula is C18H25N3O3. The van der Waals surface area contributed by atoms with E-state index in [4.69, 9.17) is 14.2 Å². The molecule has 1 saturated heterocycles. The number of aromatic nitrogens is 2. The van der Waals surface area contributed by atoms with Crippen molar-refractivity contribution in [2.45, 2.75) is 31.5 Å². The smallest absolute Gasteiger partial charge is 0.165 e. The molecule has 1 aromatic carbocycles. The first kappa shape index (κ1) is 16.8. The number of aryl methyl sites for hydroxylation is 1. The average Bonchev–Trinajstić information content (AvgIpc) is 3.05. The van der Waals surface area contributed by atoms with E-state index in [0.717, 1.165) is 42.1 Å². The summed E-state index contributed by atoms with van der Waals surface area (Å²) in [6, 6.07) is 6.19. The normalized spacial score (nSPS) is 20.8. The van der Waals surface area contributed by atoms with Gasteiger partial charge in [-0.15, -0.1) is 0 Å². The maximum atomic E-state index is 6.01. The van der Waals surface area contributed by atoms with Crippen molar-refractivity contribution < 1.29 is 14.2 Å². The van der Waals surface area contributed by atoms with Gasteiger partial charge in [0, 0.05) is 43.6 Å². The van der Waals surface area contributed by atoms with Crippen molar-refractivity contribution in [3.63, 3.8) is 0 Å². The highest BCUT2D eigenvalue weighted by Crippen LogP contribution is 2.32. The zero-order chi connectivity index (χ0) is 16.9. The molecule has 1 fully saturated rings. The Morgan fingerprint density at radius 3 is 2.92 bits per heavy atom. The molecule has 2 heterocycles. The van der Waals surface area contributed by atoms with Crippen LogP contribution in [0.5, 0.6) is 11.5 Å². The molecule has 2 aromatic rings. The average molecular weight is 331 g/mol. The van der Waals surface area contributed by atoms with Crippen LogP contribution in [-0.4, -0.2) is 36.6 Å². The predicted octanol–water partition coefficient (Wildman–Crippen LogP) is 2.45. The molecule has 1 aliphatic heterocycles. The lowest BCUT2D eigenvalue weighted by Gasteiger charge is -2.32. The van der Waals surface area contributed by atoms with Gasteiger partial charge in [0.2, 0.25) is 0 Å². The molecule has 3 rings (SSSR count). The second-order valence-corrected chi connectivity index (χ2v) is 6.02. The van der Waals surface area contributed by atoms with Gasteiger partial charge in [0.05, 0.1) is 20.4 Å². The van der Waals surface area contributed by atoms with Gasteiger partial charge < -0.3 is 19.5 Å². The van der Waals surface area contributed by atoms with E-state index >= 15 is 0 Å². The molecule has 1 aliphatic rings. The second-order valence-electron chi connectivity index (χ2n) is 6.02. The minimum Gasteiger partial charge on any atom is -0.493 e.